The molecule has 1 heterocycles. The van der Waals surface area contributed by atoms with Gasteiger partial charge in [0.05, 0.1) is 11.8 Å². The average molecular weight is 165 g/mol. The fraction of sp³-hybridized carbons (Fsp3) is 0.500. The van der Waals surface area contributed by atoms with Crippen LogP contribution in [-0.2, 0) is 0 Å². The molecule has 1 N–H and O–H groups in total. The average Bonchev–Trinajstić information content (AvgIpc) is 2.04. The molecule has 1 aromatic rings. The summed E-state index contributed by atoms with van der Waals surface area (Å²) in [6.07, 6.45) is 1.36. The van der Waals surface area contributed by atoms with Crippen molar-refractivity contribution in [1.29, 1.82) is 0 Å². The van der Waals surface area contributed by atoms with Crippen molar-refractivity contribution in [3.8, 4) is 0 Å². The molecule has 66 valence electrons. The van der Waals surface area contributed by atoms with Crippen molar-refractivity contribution in [3.63, 3.8) is 0 Å². The van der Waals surface area contributed by atoms with Crippen molar-refractivity contribution >= 4 is 0 Å². The minimum absolute atomic E-state index is 0.466. The summed E-state index contributed by atoms with van der Waals surface area (Å²) in [7, 11) is 0. The second-order valence-corrected chi connectivity index (χ2v) is 3.35. The molecule has 1 atom stereocenters. The van der Waals surface area contributed by atoms with Crippen molar-refractivity contribution in [2.75, 3.05) is 0 Å². The van der Waals surface area contributed by atoms with E-state index >= 15 is 0 Å². The molecule has 0 aliphatic carbocycles. The lowest BCUT2D eigenvalue weighted by atomic mass is 10.1. The third-order valence-corrected chi connectivity index (χ3v) is 1.90. The molecule has 12 heavy (non-hydrogen) atoms. The monoisotopic (exact) mass is 165 g/mol. The quantitative estimate of drug-likeness (QED) is 0.729. The molecule has 0 fully saturated rings. The first kappa shape index (κ1) is 9.20. The van der Waals surface area contributed by atoms with E-state index in [4.69, 9.17) is 0 Å². The van der Waals surface area contributed by atoms with E-state index in [0.29, 0.717) is 5.92 Å². The zero-order chi connectivity index (χ0) is 9.14. The SMILES string of the molecule is CC(C)c1ccc(C(C)O)nc1. The second kappa shape index (κ2) is 3.68. The third-order valence-electron chi connectivity index (χ3n) is 1.90. The number of aliphatic hydroxyl groups excluding tert-OH is 1. The molecule has 1 aromatic heterocycles. The first-order valence-corrected chi connectivity index (χ1v) is 4.25. The first-order valence-electron chi connectivity index (χ1n) is 4.25. The molecular formula is C10H15NO. The number of hydrogen-bond acceptors (Lipinski definition) is 2. The van der Waals surface area contributed by atoms with E-state index in [9.17, 15) is 5.11 Å². The van der Waals surface area contributed by atoms with Crippen molar-refractivity contribution in [1.82, 2.24) is 4.98 Å². The van der Waals surface area contributed by atoms with Gasteiger partial charge in [-0.25, -0.2) is 0 Å². The molecule has 0 saturated heterocycles. The Morgan fingerprint density at radius 1 is 1.25 bits per heavy atom. The van der Waals surface area contributed by atoms with Crippen molar-refractivity contribution in [2.45, 2.75) is 32.8 Å². The zero-order valence-electron chi connectivity index (χ0n) is 7.78. The van der Waals surface area contributed by atoms with Gasteiger partial charge in [-0.2, -0.15) is 0 Å². The minimum Gasteiger partial charge on any atom is -0.387 e. The number of pyridine rings is 1. The molecule has 2 nitrogen and oxygen atoms in total. The molecule has 0 aliphatic rings. The summed E-state index contributed by atoms with van der Waals surface area (Å²) in [5.74, 6) is 0.501. The van der Waals surface area contributed by atoms with E-state index in [0.717, 1.165) is 5.69 Å². The summed E-state index contributed by atoms with van der Waals surface area (Å²) in [5.41, 5.74) is 1.94. The van der Waals surface area contributed by atoms with E-state index in [1.165, 1.54) is 5.56 Å². The summed E-state index contributed by atoms with van der Waals surface area (Å²) < 4.78 is 0. The summed E-state index contributed by atoms with van der Waals surface area (Å²) in [4.78, 5) is 4.15. The second-order valence-electron chi connectivity index (χ2n) is 3.35. The minimum atomic E-state index is -0.466. The highest BCUT2D eigenvalue weighted by molar-refractivity contribution is 5.17. The van der Waals surface area contributed by atoms with E-state index < -0.39 is 6.10 Å². The Hall–Kier alpha value is -0.890. The van der Waals surface area contributed by atoms with Gasteiger partial charge in [0.1, 0.15) is 0 Å². The molecule has 2 heteroatoms. The lowest BCUT2D eigenvalue weighted by Gasteiger charge is -2.07. The third kappa shape index (κ3) is 2.05. The lowest BCUT2D eigenvalue weighted by molar-refractivity contribution is 0.194. The van der Waals surface area contributed by atoms with E-state index in [1.807, 2.05) is 18.3 Å². The largest absolute Gasteiger partial charge is 0.387 e. The van der Waals surface area contributed by atoms with Gasteiger partial charge >= 0.3 is 0 Å². The number of hydrogen-bond donors (Lipinski definition) is 1. The van der Waals surface area contributed by atoms with E-state index in [1.54, 1.807) is 6.92 Å². The molecule has 0 bridgehead atoms. The highest BCUT2D eigenvalue weighted by Crippen LogP contribution is 2.15. The molecule has 0 amide bonds. The molecule has 0 spiro atoms. The van der Waals surface area contributed by atoms with Crippen LogP contribution in [0, 0.1) is 0 Å². The predicted octanol–water partition coefficient (Wildman–Crippen LogP) is 2.26. The van der Waals surface area contributed by atoms with Crippen LogP contribution in [0.1, 0.15) is 44.1 Å². The van der Waals surface area contributed by atoms with Gasteiger partial charge in [-0.3, -0.25) is 4.98 Å². The van der Waals surface area contributed by atoms with Gasteiger partial charge in [-0.1, -0.05) is 19.9 Å². The van der Waals surface area contributed by atoms with Crippen LogP contribution in [0.5, 0.6) is 0 Å². The standard InChI is InChI=1S/C10H15NO/c1-7(2)9-4-5-10(8(3)12)11-6-9/h4-8,12H,1-3H3. The first-order chi connectivity index (χ1) is 5.61. The van der Waals surface area contributed by atoms with E-state index in [2.05, 4.69) is 18.8 Å². The Kier molecular flexibility index (Phi) is 2.82. The molecule has 0 radical (unpaired) electrons. The maximum Gasteiger partial charge on any atom is 0.0931 e. The van der Waals surface area contributed by atoms with Crippen molar-refractivity contribution in [3.05, 3.63) is 29.6 Å². The zero-order valence-corrected chi connectivity index (χ0v) is 7.78. The van der Waals surface area contributed by atoms with E-state index in [-0.39, 0.29) is 0 Å². The van der Waals surface area contributed by atoms with Crippen LogP contribution in [0.2, 0.25) is 0 Å². The van der Waals surface area contributed by atoms with Gasteiger partial charge in [0, 0.05) is 6.20 Å². The molecule has 0 aromatic carbocycles. The van der Waals surface area contributed by atoms with Gasteiger partial charge < -0.3 is 5.11 Å². The molecule has 1 unspecified atom stereocenters. The van der Waals surface area contributed by atoms with Crippen molar-refractivity contribution < 1.29 is 5.11 Å². The highest BCUT2D eigenvalue weighted by atomic mass is 16.3. The van der Waals surface area contributed by atoms with Crippen LogP contribution >= 0.6 is 0 Å². The molecule has 0 saturated carbocycles. The Morgan fingerprint density at radius 3 is 2.25 bits per heavy atom. The fourth-order valence-electron chi connectivity index (χ4n) is 1.01. The fourth-order valence-corrected chi connectivity index (χ4v) is 1.01. The smallest absolute Gasteiger partial charge is 0.0931 e. The Morgan fingerprint density at radius 2 is 1.92 bits per heavy atom. The van der Waals surface area contributed by atoms with Crippen LogP contribution in [0.4, 0.5) is 0 Å². The summed E-state index contributed by atoms with van der Waals surface area (Å²) >= 11 is 0. The Balaban J connectivity index is 2.86. The number of nitrogens with zero attached hydrogens (tertiary/aromatic N) is 1. The van der Waals surface area contributed by atoms with Gasteiger partial charge in [-0.05, 0) is 24.5 Å². The van der Waals surface area contributed by atoms with Gasteiger partial charge in [-0.15, -0.1) is 0 Å². The number of aromatic nitrogens is 1. The van der Waals surface area contributed by atoms with Crippen LogP contribution < -0.4 is 0 Å². The highest BCUT2D eigenvalue weighted by Gasteiger charge is 2.03. The van der Waals surface area contributed by atoms with Crippen LogP contribution in [0.3, 0.4) is 0 Å². The predicted molar refractivity (Wildman–Crippen MR) is 49.0 cm³/mol. The van der Waals surface area contributed by atoms with Crippen molar-refractivity contribution in [2.24, 2.45) is 0 Å². The maximum atomic E-state index is 9.19. The molecule has 1 rings (SSSR count). The normalized spacial score (nSPS) is 13.4. The maximum absolute atomic E-state index is 9.19. The van der Waals surface area contributed by atoms with Gasteiger partial charge in [0.2, 0.25) is 0 Å². The topological polar surface area (TPSA) is 33.1 Å². The summed E-state index contributed by atoms with van der Waals surface area (Å²) in [5, 5.41) is 9.19. The van der Waals surface area contributed by atoms with Crippen LogP contribution in [0.15, 0.2) is 18.3 Å². The van der Waals surface area contributed by atoms with Gasteiger partial charge in [0.25, 0.3) is 0 Å². The Bertz CT molecular complexity index is 212. The van der Waals surface area contributed by atoms with Crippen LogP contribution in [0.25, 0.3) is 0 Å². The Labute approximate surface area is 73.3 Å². The summed E-state index contributed by atoms with van der Waals surface area (Å²) in [6, 6.07) is 3.89. The molecular weight excluding hydrogens is 150 g/mol. The summed E-state index contributed by atoms with van der Waals surface area (Å²) in [6.45, 7) is 5.97. The van der Waals surface area contributed by atoms with Gasteiger partial charge in [0.15, 0.2) is 0 Å². The number of aliphatic hydroxyl groups is 1. The lowest BCUT2D eigenvalue weighted by Crippen LogP contribution is -1.96. The number of rotatable bonds is 2. The molecule has 0 aliphatic heterocycles. The van der Waals surface area contributed by atoms with Crippen LogP contribution in [-0.4, -0.2) is 10.1 Å².